The Bertz CT molecular complexity index is 2490. The first-order valence-electron chi connectivity index (χ1n) is 23.2. The molecular weight excluding hydrogens is 943 g/mol. The first-order valence-corrected chi connectivity index (χ1v) is 31.5. The Morgan fingerprint density at radius 1 is 0.279 bits per heavy atom. The molecule has 0 saturated carbocycles. The molecule has 2 nitrogen and oxygen atoms in total. The second-order valence-corrected chi connectivity index (χ2v) is 25.7. The van der Waals surface area contributed by atoms with E-state index in [-0.39, 0.29) is 0 Å². The summed E-state index contributed by atoms with van der Waals surface area (Å²) in [6, 6.07) is 65.5. The molecule has 9 rings (SSSR count). The Balaban J connectivity index is 0.000000179. The van der Waals surface area contributed by atoms with Crippen LogP contribution < -0.4 is 10.6 Å². The number of rotatable bonds is 2. The zero-order valence-electron chi connectivity index (χ0n) is 38.5. The fourth-order valence-electron chi connectivity index (χ4n) is 7.48. The quantitative estimate of drug-likeness (QED) is 0.161. The molecule has 0 N–H and O–H groups in total. The van der Waals surface area contributed by atoms with E-state index in [1.54, 1.807) is 0 Å². The van der Waals surface area contributed by atoms with Crippen molar-refractivity contribution in [2.75, 3.05) is 23.0 Å². The van der Waals surface area contributed by atoms with Gasteiger partial charge in [0, 0.05) is 33.6 Å². The lowest BCUT2D eigenvalue weighted by atomic mass is 10.1. The minimum absolute atomic E-state index is 0.863. The molecule has 0 spiro atoms. The van der Waals surface area contributed by atoms with Crippen molar-refractivity contribution < 1.29 is 9.13 Å². The Morgan fingerprint density at radius 3 is 0.765 bits per heavy atom. The van der Waals surface area contributed by atoms with Gasteiger partial charge in [-0.2, -0.15) is 47.0 Å². The molecule has 0 fully saturated rings. The highest BCUT2D eigenvalue weighted by Crippen LogP contribution is 2.50. The molecule has 0 unspecified atom stereocenters. The van der Waals surface area contributed by atoms with Crippen LogP contribution in [0.25, 0.3) is 24.3 Å². The third-order valence-electron chi connectivity index (χ3n) is 11.3. The van der Waals surface area contributed by atoms with E-state index in [2.05, 4.69) is 121 Å². The molecule has 0 aromatic heterocycles. The molecule has 0 aliphatic carbocycles. The zero-order valence-corrected chi connectivity index (χ0v) is 43.6. The van der Waals surface area contributed by atoms with Gasteiger partial charge in [-0.3, -0.25) is 0 Å². The van der Waals surface area contributed by atoms with Gasteiger partial charge in [-0.1, -0.05) is 218 Å². The summed E-state index contributed by atoms with van der Waals surface area (Å²) in [4.78, 5) is 0. The lowest BCUT2D eigenvalue weighted by Crippen LogP contribution is -2.00. The number of hydrogen-bond donors (Lipinski definition) is 0. The van der Waals surface area contributed by atoms with Gasteiger partial charge in [0.2, 0.25) is 0 Å². The number of thioether (sulfide) groups is 4. The van der Waals surface area contributed by atoms with Gasteiger partial charge in [0.25, 0.3) is 0 Å². The van der Waals surface area contributed by atoms with E-state index < -0.39 is 14.3 Å². The lowest BCUT2D eigenvalue weighted by Gasteiger charge is -2.13. The van der Waals surface area contributed by atoms with Crippen LogP contribution in [0, 0.1) is 0 Å². The van der Waals surface area contributed by atoms with Crippen molar-refractivity contribution in [1.82, 2.24) is 0 Å². The molecule has 2 aliphatic rings. The van der Waals surface area contributed by atoms with Crippen LogP contribution in [0.4, 0.5) is 0 Å². The van der Waals surface area contributed by atoms with E-state index in [0.29, 0.717) is 0 Å². The lowest BCUT2D eigenvalue weighted by molar-refractivity contribution is 0.591. The highest BCUT2D eigenvalue weighted by Gasteiger charge is 2.20. The third-order valence-corrected chi connectivity index (χ3v) is 20.2. The maximum absolute atomic E-state index is 14.2. The summed E-state index contributed by atoms with van der Waals surface area (Å²) >= 11 is 7.93. The summed E-state index contributed by atoms with van der Waals surface area (Å²) in [6.07, 6.45) is 10.7. The average molecular weight is 1000 g/mol. The van der Waals surface area contributed by atoms with Crippen LogP contribution >= 0.6 is 61.3 Å². The summed E-state index contributed by atoms with van der Waals surface area (Å²) < 4.78 is 28.4. The molecule has 7 aromatic rings. The fourth-order valence-corrected chi connectivity index (χ4v) is 15.4. The number of fused-ring (bicyclic) bond motifs is 4. The Kier molecular flexibility index (Phi) is 21.2. The molecule has 8 heteroatoms. The molecule has 0 amide bonds. The molecule has 0 atom stereocenters. The Hall–Kier alpha value is -4.64. The normalized spacial score (nSPS) is 18.0. The van der Waals surface area contributed by atoms with Crippen molar-refractivity contribution in [3.05, 3.63) is 262 Å². The van der Waals surface area contributed by atoms with Gasteiger partial charge in [0.1, 0.15) is 0 Å². The van der Waals surface area contributed by atoms with Gasteiger partial charge in [-0.25, -0.2) is 0 Å². The van der Waals surface area contributed by atoms with Crippen LogP contribution in [-0.4, -0.2) is 23.0 Å². The fraction of sp³-hybridized carbons (Fsp3) is 0.167. The summed E-state index contributed by atoms with van der Waals surface area (Å²) in [6.45, 7) is 0. The summed E-state index contributed by atoms with van der Waals surface area (Å²) in [5.41, 5.74) is 9.83. The second kappa shape index (κ2) is 28.1. The smallest absolute Gasteiger partial charge is 0.157 e. The van der Waals surface area contributed by atoms with Gasteiger partial charge in [-0.15, -0.1) is 0 Å². The van der Waals surface area contributed by atoms with Gasteiger partial charge in [-0.05, 0) is 104 Å². The second-order valence-electron chi connectivity index (χ2n) is 16.2. The summed E-state index contributed by atoms with van der Waals surface area (Å²) in [5.74, 6) is 16.3. The van der Waals surface area contributed by atoms with Crippen LogP contribution in [0.3, 0.4) is 0 Å². The van der Waals surface area contributed by atoms with Crippen LogP contribution in [0.1, 0.15) is 57.3 Å². The van der Waals surface area contributed by atoms with Crippen molar-refractivity contribution in [2.24, 2.45) is 0 Å². The first-order chi connectivity index (χ1) is 33.5. The first kappa shape index (κ1) is 51.2. The maximum Gasteiger partial charge on any atom is 0.157 e. The van der Waals surface area contributed by atoms with E-state index in [1.807, 2.05) is 167 Å². The monoisotopic (exact) mass is 1000 g/mol. The van der Waals surface area contributed by atoms with Crippen LogP contribution in [0.2, 0.25) is 0 Å². The molecule has 346 valence electrons. The molecule has 2 aliphatic heterocycles. The van der Waals surface area contributed by atoms with Crippen molar-refractivity contribution >= 4 is 96.2 Å². The van der Waals surface area contributed by atoms with Gasteiger partial charge < -0.3 is 9.13 Å². The highest BCUT2D eigenvalue weighted by atomic mass is 32.2. The number of benzene rings is 7. The van der Waals surface area contributed by atoms with Gasteiger partial charge >= 0.3 is 0 Å². The Morgan fingerprint density at radius 2 is 0.500 bits per heavy atom. The minimum atomic E-state index is -2.85. The predicted molar refractivity (Wildman–Crippen MR) is 310 cm³/mol. The highest BCUT2D eigenvalue weighted by molar-refractivity contribution is 7.99. The molecule has 68 heavy (non-hydrogen) atoms. The van der Waals surface area contributed by atoms with E-state index in [4.69, 9.17) is 0 Å². The molecule has 0 bridgehead atoms. The van der Waals surface area contributed by atoms with Crippen LogP contribution in [0.15, 0.2) is 217 Å². The SMILES string of the molecule is O=P1(c2ccccc2)/C=C/c2ccccc2CSCCCSCc2ccccc2/C=C/1.O=P1(c2ccccc2)/C=C/c2ccccc2CSCCCSCc2ccccc2/C=C/1.c1ccccc1. The van der Waals surface area contributed by atoms with Crippen LogP contribution in [-0.2, 0) is 32.1 Å². The van der Waals surface area contributed by atoms with E-state index in [1.165, 1.54) is 35.1 Å². The van der Waals surface area contributed by atoms with Gasteiger partial charge in [0.05, 0.1) is 0 Å². The van der Waals surface area contributed by atoms with Gasteiger partial charge in [0.15, 0.2) is 14.3 Å². The molecular formula is C60H60O2P2S4. The summed E-state index contributed by atoms with van der Waals surface area (Å²) in [5, 5.41) is 1.73. The topological polar surface area (TPSA) is 34.1 Å². The molecule has 2 heterocycles. The van der Waals surface area contributed by atoms with Crippen LogP contribution in [0.5, 0.6) is 0 Å². The standard InChI is InChI=1S/2C27H27OPS2.C6H6/c2*28-29(27-13-2-1-3-14-27)17-15-23-9-4-6-11-25(23)21-30-19-8-20-31-22-26-12-7-5-10-24(26)16-18-29;1-2-4-6-5-3-1/h2*1-7,9-18H,8,19-22H2;1-6H/b2*17-15+,18-16+;. The van der Waals surface area contributed by atoms with Crippen molar-refractivity contribution in [3.8, 4) is 0 Å². The average Bonchev–Trinajstić information content (AvgIpc) is 3.40. The third kappa shape index (κ3) is 16.2. The number of hydrogen-bond acceptors (Lipinski definition) is 6. The van der Waals surface area contributed by atoms with Crippen molar-refractivity contribution in [1.29, 1.82) is 0 Å². The maximum atomic E-state index is 14.2. The predicted octanol–water partition coefficient (Wildman–Crippen LogP) is 17.5. The van der Waals surface area contributed by atoms with E-state index in [0.717, 1.165) is 78.9 Å². The minimum Gasteiger partial charge on any atom is -0.310 e. The molecule has 0 saturated heterocycles. The molecule has 0 radical (unpaired) electrons. The zero-order chi connectivity index (χ0) is 47.0. The van der Waals surface area contributed by atoms with E-state index >= 15 is 0 Å². The van der Waals surface area contributed by atoms with E-state index in [9.17, 15) is 9.13 Å². The van der Waals surface area contributed by atoms with Crippen molar-refractivity contribution in [2.45, 2.75) is 35.9 Å². The largest absolute Gasteiger partial charge is 0.310 e. The Labute approximate surface area is 423 Å². The molecule has 7 aromatic carbocycles. The summed E-state index contributed by atoms with van der Waals surface area (Å²) in [7, 11) is -5.70. The van der Waals surface area contributed by atoms with Crippen molar-refractivity contribution in [3.63, 3.8) is 0 Å².